The van der Waals surface area contributed by atoms with E-state index in [4.69, 9.17) is 4.74 Å². The van der Waals surface area contributed by atoms with Gasteiger partial charge in [-0.3, -0.25) is 4.99 Å². The standard InChI is InChI=1S/C19H22F5N5O/c1-17(2)15(25-7-9-30-3)10-13(28-17)14-11-29-8-6-26-16(29)12(27-14)4-5-18(20,21)19(22,23)24/h6,8,10-11,25H,4-5,7,9H2,1-3H3. The Bertz CT molecular complexity index is 977. The van der Waals surface area contributed by atoms with E-state index < -0.39 is 30.5 Å². The van der Waals surface area contributed by atoms with Crippen molar-refractivity contribution in [2.45, 2.75) is 44.3 Å². The Morgan fingerprint density at radius 2 is 1.93 bits per heavy atom. The minimum atomic E-state index is -5.61. The van der Waals surface area contributed by atoms with E-state index in [-0.39, 0.29) is 11.3 Å². The molecule has 0 amide bonds. The van der Waals surface area contributed by atoms with Gasteiger partial charge < -0.3 is 14.5 Å². The van der Waals surface area contributed by atoms with Crippen molar-refractivity contribution in [3.05, 3.63) is 41.8 Å². The fourth-order valence-electron chi connectivity index (χ4n) is 3.10. The minimum Gasteiger partial charge on any atom is -0.384 e. The van der Waals surface area contributed by atoms with Crippen molar-refractivity contribution in [3.63, 3.8) is 0 Å². The summed E-state index contributed by atoms with van der Waals surface area (Å²) in [6.45, 7) is 4.86. The molecular weight excluding hydrogens is 409 g/mol. The van der Waals surface area contributed by atoms with Crippen LogP contribution in [0, 0.1) is 0 Å². The predicted octanol–water partition coefficient (Wildman–Crippen LogP) is 3.56. The number of aromatic nitrogens is 3. The van der Waals surface area contributed by atoms with Crippen LogP contribution in [0.15, 0.2) is 35.4 Å². The molecule has 0 aliphatic carbocycles. The van der Waals surface area contributed by atoms with Gasteiger partial charge in [-0.25, -0.2) is 9.97 Å². The van der Waals surface area contributed by atoms with E-state index in [1.54, 1.807) is 30.0 Å². The number of fused-ring (bicyclic) bond motifs is 1. The third-order valence-corrected chi connectivity index (χ3v) is 4.76. The molecule has 0 unspecified atom stereocenters. The van der Waals surface area contributed by atoms with E-state index in [9.17, 15) is 22.0 Å². The summed E-state index contributed by atoms with van der Waals surface area (Å²) in [6, 6.07) is 0. The number of nitrogens with zero attached hydrogens (tertiary/aromatic N) is 4. The SMILES string of the molecule is COCCNC1=CC(c2cn3ccnc3c(CCC(F)(F)C(F)(F)F)n2)=NC1(C)C. The molecule has 2 aromatic rings. The summed E-state index contributed by atoms with van der Waals surface area (Å²) in [4.78, 5) is 13.0. The van der Waals surface area contributed by atoms with Gasteiger partial charge in [-0.1, -0.05) is 0 Å². The van der Waals surface area contributed by atoms with E-state index in [1.807, 2.05) is 13.8 Å². The molecule has 0 atom stereocenters. The zero-order chi connectivity index (χ0) is 22.2. The Kier molecular flexibility index (Phi) is 5.85. The molecule has 0 radical (unpaired) electrons. The molecule has 0 saturated heterocycles. The molecule has 0 fully saturated rings. The fourth-order valence-corrected chi connectivity index (χ4v) is 3.10. The Hall–Kier alpha value is -2.56. The number of ether oxygens (including phenoxy) is 1. The van der Waals surface area contributed by atoms with Crippen molar-refractivity contribution in [2.24, 2.45) is 4.99 Å². The first kappa shape index (κ1) is 22.1. The third-order valence-electron chi connectivity index (χ3n) is 4.76. The lowest BCUT2D eigenvalue weighted by Gasteiger charge is -2.20. The van der Waals surface area contributed by atoms with Gasteiger partial charge in [0, 0.05) is 44.4 Å². The van der Waals surface area contributed by atoms with E-state index in [0.717, 1.165) is 5.70 Å². The quantitative estimate of drug-likeness (QED) is 0.513. The third kappa shape index (κ3) is 4.45. The molecule has 1 aliphatic rings. The number of hydrogen-bond acceptors (Lipinski definition) is 5. The molecule has 30 heavy (non-hydrogen) atoms. The first-order valence-corrected chi connectivity index (χ1v) is 9.27. The first-order valence-electron chi connectivity index (χ1n) is 9.27. The van der Waals surface area contributed by atoms with Crippen LogP contribution in [0.2, 0.25) is 0 Å². The van der Waals surface area contributed by atoms with Gasteiger partial charge in [0.1, 0.15) is 5.69 Å². The lowest BCUT2D eigenvalue weighted by molar-refractivity contribution is -0.284. The van der Waals surface area contributed by atoms with E-state index in [1.165, 1.54) is 6.20 Å². The van der Waals surface area contributed by atoms with Crippen molar-refractivity contribution in [1.82, 2.24) is 19.7 Å². The minimum absolute atomic E-state index is 0.0520. The summed E-state index contributed by atoms with van der Waals surface area (Å²) < 4.78 is 71.0. The summed E-state index contributed by atoms with van der Waals surface area (Å²) in [5.41, 5.74) is 1.40. The van der Waals surface area contributed by atoms with Gasteiger partial charge in [-0.2, -0.15) is 22.0 Å². The number of alkyl halides is 5. The lowest BCUT2D eigenvalue weighted by Crippen LogP contribution is -2.36. The molecule has 2 aromatic heterocycles. The first-order chi connectivity index (χ1) is 13.9. The van der Waals surface area contributed by atoms with E-state index in [2.05, 4.69) is 20.3 Å². The zero-order valence-corrected chi connectivity index (χ0v) is 16.7. The van der Waals surface area contributed by atoms with Crippen molar-refractivity contribution in [2.75, 3.05) is 20.3 Å². The molecule has 0 aromatic carbocycles. The van der Waals surface area contributed by atoms with Gasteiger partial charge in [0.05, 0.1) is 23.6 Å². The molecule has 0 saturated carbocycles. The summed E-state index contributed by atoms with van der Waals surface area (Å²) in [5, 5.41) is 3.23. The normalized spacial score (nSPS) is 16.7. The second-order valence-corrected chi connectivity index (χ2v) is 7.47. The highest BCUT2D eigenvalue weighted by Gasteiger charge is 2.56. The van der Waals surface area contributed by atoms with Gasteiger partial charge in [0.25, 0.3) is 0 Å². The van der Waals surface area contributed by atoms with Crippen LogP contribution in [-0.2, 0) is 11.2 Å². The molecule has 3 heterocycles. The van der Waals surface area contributed by atoms with Gasteiger partial charge in [0.2, 0.25) is 0 Å². The van der Waals surface area contributed by atoms with Crippen LogP contribution in [0.3, 0.4) is 0 Å². The van der Waals surface area contributed by atoms with Crippen LogP contribution in [0.25, 0.3) is 5.65 Å². The van der Waals surface area contributed by atoms with Gasteiger partial charge in [-0.05, 0) is 26.3 Å². The molecule has 0 spiro atoms. The fraction of sp³-hybridized carbons (Fsp3) is 0.526. The van der Waals surface area contributed by atoms with Crippen molar-refractivity contribution < 1.29 is 26.7 Å². The average Bonchev–Trinajstić information content (AvgIpc) is 3.23. The number of aliphatic imine (C=N–C) groups is 1. The topological polar surface area (TPSA) is 63.8 Å². The van der Waals surface area contributed by atoms with E-state index in [0.29, 0.717) is 24.6 Å². The molecule has 3 rings (SSSR count). The molecule has 11 heteroatoms. The maximum atomic E-state index is 13.4. The number of methoxy groups -OCH3 is 1. The number of hydrogen-bond donors (Lipinski definition) is 1. The highest BCUT2D eigenvalue weighted by Crippen LogP contribution is 2.39. The zero-order valence-electron chi connectivity index (χ0n) is 16.7. The van der Waals surface area contributed by atoms with Gasteiger partial charge in [-0.15, -0.1) is 0 Å². The lowest BCUT2D eigenvalue weighted by atomic mass is 10.0. The monoisotopic (exact) mass is 431 g/mol. The Morgan fingerprint density at radius 1 is 1.20 bits per heavy atom. The van der Waals surface area contributed by atoms with Crippen LogP contribution in [0.1, 0.15) is 31.7 Å². The number of allylic oxidation sites excluding steroid dienone is 1. The Balaban J connectivity index is 1.91. The van der Waals surface area contributed by atoms with Gasteiger partial charge in [0.15, 0.2) is 5.65 Å². The van der Waals surface area contributed by atoms with Crippen LogP contribution in [0.4, 0.5) is 22.0 Å². The summed E-state index contributed by atoms with van der Waals surface area (Å²) in [6.07, 6.45) is -1.19. The van der Waals surface area contributed by atoms with Gasteiger partial charge >= 0.3 is 12.1 Å². The van der Waals surface area contributed by atoms with Crippen LogP contribution >= 0.6 is 0 Å². The van der Waals surface area contributed by atoms with Crippen molar-refractivity contribution >= 4 is 11.4 Å². The van der Waals surface area contributed by atoms with E-state index >= 15 is 0 Å². The molecule has 164 valence electrons. The molecule has 1 aliphatic heterocycles. The maximum Gasteiger partial charge on any atom is 0.453 e. The summed E-state index contributed by atoms with van der Waals surface area (Å²) in [5.74, 6) is -4.81. The highest BCUT2D eigenvalue weighted by molar-refractivity contribution is 6.09. The largest absolute Gasteiger partial charge is 0.453 e. The maximum absolute atomic E-state index is 13.4. The van der Waals surface area contributed by atoms with Crippen LogP contribution in [-0.4, -0.2) is 58.0 Å². The second kappa shape index (κ2) is 7.93. The molecule has 1 N–H and O–H groups in total. The number of nitrogens with one attached hydrogen (secondary N) is 1. The smallest absolute Gasteiger partial charge is 0.384 e. The second-order valence-electron chi connectivity index (χ2n) is 7.47. The Morgan fingerprint density at radius 3 is 2.60 bits per heavy atom. The molecular formula is C19H22F5N5O. The Labute approximate surface area is 169 Å². The predicted molar refractivity (Wildman–Crippen MR) is 101 cm³/mol. The van der Waals surface area contributed by atoms with Crippen LogP contribution in [0.5, 0.6) is 0 Å². The summed E-state index contributed by atoms with van der Waals surface area (Å²) >= 11 is 0. The van der Waals surface area contributed by atoms with Crippen molar-refractivity contribution in [1.29, 1.82) is 0 Å². The number of aryl methyl sites for hydroxylation is 1. The highest BCUT2D eigenvalue weighted by atomic mass is 19.4. The molecule has 6 nitrogen and oxygen atoms in total. The number of halogens is 5. The number of rotatable bonds is 8. The summed E-state index contributed by atoms with van der Waals surface area (Å²) in [7, 11) is 1.59. The number of imidazole rings is 1. The molecule has 0 bridgehead atoms. The average molecular weight is 431 g/mol. The van der Waals surface area contributed by atoms with Crippen molar-refractivity contribution in [3.8, 4) is 0 Å². The van der Waals surface area contributed by atoms with Crippen LogP contribution < -0.4 is 5.32 Å².